The third-order valence-corrected chi connectivity index (χ3v) is 6.40. The van der Waals surface area contributed by atoms with Crippen LogP contribution < -0.4 is 0 Å². The Bertz CT molecular complexity index is 786. The van der Waals surface area contributed by atoms with Gasteiger partial charge in [-0.05, 0) is 37.3 Å². The summed E-state index contributed by atoms with van der Waals surface area (Å²) < 4.78 is 5.41. The van der Waals surface area contributed by atoms with Crippen LogP contribution in [0.3, 0.4) is 0 Å². The number of benzene rings is 1. The first-order valence-electron chi connectivity index (χ1n) is 8.67. The van der Waals surface area contributed by atoms with E-state index in [1.54, 1.807) is 11.8 Å². The second kappa shape index (κ2) is 5.62. The first-order chi connectivity index (χ1) is 11.8. The van der Waals surface area contributed by atoms with Crippen molar-refractivity contribution >= 4 is 17.7 Å². The van der Waals surface area contributed by atoms with E-state index in [-0.39, 0.29) is 17.9 Å². The molecule has 1 amide bonds. The third-order valence-electron chi connectivity index (χ3n) is 5.22. The molecule has 0 bridgehead atoms. The van der Waals surface area contributed by atoms with E-state index in [1.165, 1.54) is 10.5 Å². The van der Waals surface area contributed by atoms with E-state index < -0.39 is 0 Å². The van der Waals surface area contributed by atoms with Gasteiger partial charge in [-0.3, -0.25) is 4.79 Å². The van der Waals surface area contributed by atoms with Crippen molar-refractivity contribution in [3.05, 3.63) is 41.5 Å². The fourth-order valence-corrected chi connectivity index (χ4v) is 4.96. The fraction of sp³-hybridized carbons (Fsp3) is 0.500. The van der Waals surface area contributed by atoms with Crippen LogP contribution in [-0.4, -0.2) is 33.2 Å². The number of nitrogens with zero attached hydrogens (tertiary/aromatic N) is 3. The van der Waals surface area contributed by atoms with Gasteiger partial charge in [0.15, 0.2) is 5.82 Å². The molecular formula is C18H19N3O2S. The van der Waals surface area contributed by atoms with E-state index in [0.29, 0.717) is 11.7 Å². The van der Waals surface area contributed by atoms with Crippen LogP contribution in [0.1, 0.15) is 60.8 Å². The molecule has 5 nitrogen and oxygen atoms in total. The molecule has 3 heterocycles. The first kappa shape index (κ1) is 14.5. The number of rotatable bonds is 3. The van der Waals surface area contributed by atoms with Crippen molar-refractivity contribution in [1.29, 1.82) is 0 Å². The quantitative estimate of drug-likeness (QED) is 0.855. The van der Waals surface area contributed by atoms with E-state index in [1.807, 2.05) is 17.0 Å². The maximum atomic E-state index is 13.2. The van der Waals surface area contributed by atoms with Crippen LogP contribution in [-0.2, 0) is 4.79 Å². The molecule has 24 heavy (non-hydrogen) atoms. The molecule has 2 atom stereocenters. The van der Waals surface area contributed by atoms with Gasteiger partial charge in [0, 0.05) is 23.1 Å². The van der Waals surface area contributed by atoms with Gasteiger partial charge in [0.25, 0.3) is 0 Å². The predicted octanol–water partition coefficient (Wildman–Crippen LogP) is 3.50. The zero-order chi connectivity index (χ0) is 16.1. The minimum atomic E-state index is -0.0402. The van der Waals surface area contributed by atoms with Gasteiger partial charge in [-0.25, -0.2) is 0 Å². The van der Waals surface area contributed by atoms with Crippen molar-refractivity contribution in [1.82, 2.24) is 15.0 Å². The SMILES string of the molecule is O=C([C@H]1CSc2ccccc21)N1CCC[C@@H]1c1noc(C2CC2)n1. The molecule has 6 heteroatoms. The van der Waals surface area contributed by atoms with Crippen molar-refractivity contribution in [2.24, 2.45) is 0 Å². The van der Waals surface area contributed by atoms with Crippen LogP contribution in [0, 0.1) is 0 Å². The maximum Gasteiger partial charge on any atom is 0.231 e. The largest absolute Gasteiger partial charge is 0.339 e. The molecule has 2 aliphatic heterocycles. The second-order valence-electron chi connectivity index (χ2n) is 6.86. The number of likely N-dealkylation sites (tertiary alicyclic amines) is 1. The summed E-state index contributed by atoms with van der Waals surface area (Å²) >= 11 is 1.78. The maximum absolute atomic E-state index is 13.2. The number of hydrogen-bond donors (Lipinski definition) is 0. The van der Waals surface area contributed by atoms with Crippen molar-refractivity contribution in [3.8, 4) is 0 Å². The molecule has 2 aromatic rings. The Balaban J connectivity index is 1.40. The summed E-state index contributed by atoms with van der Waals surface area (Å²) in [5, 5.41) is 4.18. The van der Waals surface area contributed by atoms with Gasteiger partial charge in [0.2, 0.25) is 11.8 Å². The third kappa shape index (κ3) is 2.35. The topological polar surface area (TPSA) is 59.2 Å². The predicted molar refractivity (Wildman–Crippen MR) is 89.9 cm³/mol. The van der Waals surface area contributed by atoms with Crippen LogP contribution in [0.5, 0.6) is 0 Å². The Morgan fingerprint density at radius 2 is 2.12 bits per heavy atom. The summed E-state index contributed by atoms with van der Waals surface area (Å²) in [7, 11) is 0. The van der Waals surface area contributed by atoms with Crippen LogP contribution >= 0.6 is 11.8 Å². The summed E-state index contributed by atoms with van der Waals surface area (Å²) in [6.45, 7) is 0.792. The lowest BCUT2D eigenvalue weighted by Gasteiger charge is -2.25. The molecule has 1 saturated heterocycles. The molecule has 0 unspecified atom stereocenters. The molecule has 124 valence electrons. The van der Waals surface area contributed by atoms with Crippen molar-refractivity contribution < 1.29 is 9.32 Å². The molecule has 1 saturated carbocycles. The van der Waals surface area contributed by atoms with Gasteiger partial charge in [-0.15, -0.1) is 11.8 Å². The summed E-state index contributed by atoms with van der Waals surface area (Å²) in [5.41, 5.74) is 1.17. The average Bonchev–Trinajstić information content (AvgIpc) is 3.06. The van der Waals surface area contributed by atoms with Crippen LogP contribution in [0.2, 0.25) is 0 Å². The van der Waals surface area contributed by atoms with Gasteiger partial charge in [-0.1, -0.05) is 23.4 Å². The molecule has 2 fully saturated rings. The molecule has 3 aliphatic rings. The molecule has 1 aromatic carbocycles. The minimum Gasteiger partial charge on any atom is -0.339 e. The number of fused-ring (bicyclic) bond motifs is 1. The minimum absolute atomic E-state index is 0.0217. The van der Waals surface area contributed by atoms with Gasteiger partial charge >= 0.3 is 0 Å². The Labute approximate surface area is 144 Å². The van der Waals surface area contributed by atoms with Gasteiger partial charge in [0.05, 0.1) is 12.0 Å². The summed E-state index contributed by atoms with van der Waals surface area (Å²) in [6, 6.07) is 8.23. The molecule has 0 N–H and O–H groups in total. The van der Waals surface area contributed by atoms with Crippen LogP contribution in [0.4, 0.5) is 0 Å². The molecule has 1 aromatic heterocycles. The van der Waals surface area contributed by atoms with Crippen molar-refractivity contribution in [3.63, 3.8) is 0 Å². The number of hydrogen-bond acceptors (Lipinski definition) is 5. The molecule has 1 aliphatic carbocycles. The number of amides is 1. The second-order valence-corrected chi connectivity index (χ2v) is 7.92. The first-order valence-corrected chi connectivity index (χ1v) is 9.65. The zero-order valence-corrected chi connectivity index (χ0v) is 14.2. The van der Waals surface area contributed by atoms with Crippen LogP contribution in [0.15, 0.2) is 33.7 Å². The molecular weight excluding hydrogens is 322 g/mol. The average molecular weight is 341 g/mol. The van der Waals surface area contributed by atoms with E-state index in [4.69, 9.17) is 4.52 Å². The lowest BCUT2D eigenvalue weighted by molar-refractivity contribution is -0.133. The van der Waals surface area contributed by atoms with E-state index in [0.717, 1.165) is 43.9 Å². The Morgan fingerprint density at radius 3 is 3.00 bits per heavy atom. The highest BCUT2D eigenvalue weighted by atomic mass is 32.2. The number of thioether (sulfide) groups is 1. The highest BCUT2D eigenvalue weighted by Gasteiger charge is 2.40. The zero-order valence-electron chi connectivity index (χ0n) is 13.4. The normalized spacial score (nSPS) is 25.9. The number of carbonyl (C=O) groups is 1. The smallest absolute Gasteiger partial charge is 0.231 e. The Kier molecular flexibility index (Phi) is 3.40. The van der Waals surface area contributed by atoms with Gasteiger partial charge in [-0.2, -0.15) is 4.98 Å². The standard InChI is InChI=1S/C18H19N3O2S/c22-18(13-10-24-15-6-2-1-4-12(13)15)21-9-3-5-14(21)16-19-17(23-20-16)11-7-8-11/h1-2,4,6,11,13-14H,3,5,7-10H2/t13-,14+/m0/s1. The molecule has 0 spiro atoms. The number of carbonyl (C=O) groups excluding carboxylic acids is 1. The summed E-state index contributed by atoms with van der Waals surface area (Å²) in [4.78, 5) is 21.0. The Hall–Kier alpha value is -1.82. The highest BCUT2D eigenvalue weighted by Crippen LogP contribution is 2.43. The van der Waals surface area contributed by atoms with E-state index in [9.17, 15) is 4.79 Å². The van der Waals surface area contributed by atoms with Gasteiger partial charge in [0.1, 0.15) is 0 Å². The molecule has 0 radical (unpaired) electrons. The van der Waals surface area contributed by atoms with Crippen molar-refractivity contribution in [2.75, 3.05) is 12.3 Å². The highest BCUT2D eigenvalue weighted by molar-refractivity contribution is 7.99. The lowest BCUT2D eigenvalue weighted by Crippen LogP contribution is -2.35. The van der Waals surface area contributed by atoms with Crippen molar-refractivity contribution in [2.45, 2.75) is 48.5 Å². The van der Waals surface area contributed by atoms with Gasteiger partial charge < -0.3 is 9.42 Å². The van der Waals surface area contributed by atoms with E-state index >= 15 is 0 Å². The fourth-order valence-electron chi connectivity index (χ4n) is 3.74. The van der Waals surface area contributed by atoms with Crippen LogP contribution in [0.25, 0.3) is 0 Å². The Morgan fingerprint density at radius 1 is 1.25 bits per heavy atom. The van der Waals surface area contributed by atoms with E-state index in [2.05, 4.69) is 22.3 Å². The lowest BCUT2D eigenvalue weighted by atomic mass is 9.99. The number of aromatic nitrogens is 2. The monoisotopic (exact) mass is 341 g/mol. The summed E-state index contributed by atoms with van der Waals surface area (Å²) in [6.07, 6.45) is 4.22. The summed E-state index contributed by atoms with van der Waals surface area (Å²) in [5.74, 6) is 2.91. The molecule has 5 rings (SSSR count).